The molecule has 0 saturated heterocycles. The first kappa shape index (κ1) is 7.09. The Morgan fingerprint density at radius 1 is 1.30 bits per heavy atom. The third-order valence-electron chi connectivity index (χ3n) is 1.16. The number of hydrogen-bond donors (Lipinski definition) is 1. The van der Waals surface area contributed by atoms with Crippen molar-refractivity contribution in [2.45, 2.75) is 0 Å². The second-order valence-electron chi connectivity index (χ2n) is 1.94. The molecule has 0 amide bonds. The number of rotatable bonds is 3. The van der Waals surface area contributed by atoms with Crippen molar-refractivity contribution in [3.63, 3.8) is 0 Å². The van der Waals surface area contributed by atoms with Crippen molar-refractivity contribution in [2.75, 3.05) is 6.54 Å². The monoisotopic (exact) mass is 135 g/mol. The molecule has 1 rings (SSSR count). The number of hydrogen-bond acceptors (Lipinski definition) is 1. The molecular formula is C8H11N2. The van der Waals surface area contributed by atoms with Crippen LogP contribution in [0.5, 0.6) is 0 Å². The summed E-state index contributed by atoms with van der Waals surface area (Å²) in [5.41, 5.74) is 5.25. The van der Waals surface area contributed by atoms with Gasteiger partial charge in [0, 0.05) is 18.9 Å². The van der Waals surface area contributed by atoms with Gasteiger partial charge in [-0.2, -0.15) is 0 Å². The van der Waals surface area contributed by atoms with Crippen LogP contribution in [0.25, 0.3) is 0 Å². The minimum Gasteiger partial charge on any atom is -0.345 e. The molecule has 0 fully saturated rings. The SMILES string of the molecule is NCC=C[CH]n1cccc1. The van der Waals surface area contributed by atoms with Crippen LogP contribution < -0.4 is 5.73 Å². The Kier molecular flexibility index (Phi) is 2.77. The molecule has 1 aromatic rings. The molecule has 0 saturated carbocycles. The first-order valence-corrected chi connectivity index (χ1v) is 3.26. The van der Waals surface area contributed by atoms with Crippen LogP contribution in [0.1, 0.15) is 0 Å². The third-order valence-corrected chi connectivity index (χ3v) is 1.16. The van der Waals surface area contributed by atoms with E-state index in [0.29, 0.717) is 6.54 Å². The highest BCUT2D eigenvalue weighted by Crippen LogP contribution is 1.91. The van der Waals surface area contributed by atoms with E-state index in [4.69, 9.17) is 5.73 Å². The zero-order chi connectivity index (χ0) is 7.23. The lowest BCUT2D eigenvalue weighted by Gasteiger charge is -1.92. The summed E-state index contributed by atoms with van der Waals surface area (Å²) >= 11 is 0. The summed E-state index contributed by atoms with van der Waals surface area (Å²) in [6, 6.07) is 3.96. The van der Waals surface area contributed by atoms with E-state index in [0.717, 1.165) is 0 Å². The van der Waals surface area contributed by atoms with E-state index in [1.54, 1.807) is 0 Å². The maximum Gasteiger partial charge on any atom is 0.0754 e. The van der Waals surface area contributed by atoms with Gasteiger partial charge in [0.25, 0.3) is 0 Å². The molecule has 0 aliphatic rings. The van der Waals surface area contributed by atoms with Gasteiger partial charge < -0.3 is 10.3 Å². The van der Waals surface area contributed by atoms with Crippen molar-refractivity contribution < 1.29 is 0 Å². The Morgan fingerprint density at radius 2 is 2.00 bits per heavy atom. The standard InChI is InChI=1S/C8H11N2/c9-5-1-2-6-10-7-3-4-8-10/h1-4,6-8H,5,9H2. The molecule has 0 unspecified atom stereocenters. The van der Waals surface area contributed by atoms with Crippen LogP contribution in [0.2, 0.25) is 0 Å². The van der Waals surface area contributed by atoms with Crippen molar-refractivity contribution in [1.82, 2.24) is 4.57 Å². The van der Waals surface area contributed by atoms with E-state index in [9.17, 15) is 0 Å². The van der Waals surface area contributed by atoms with Crippen molar-refractivity contribution in [3.8, 4) is 0 Å². The van der Waals surface area contributed by atoms with Gasteiger partial charge in [0.15, 0.2) is 0 Å². The van der Waals surface area contributed by atoms with Crippen molar-refractivity contribution in [3.05, 3.63) is 43.2 Å². The van der Waals surface area contributed by atoms with Crippen LogP contribution in [0, 0.1) is 6.54 Å². The first-order valence-electron chi connectivity index (χ1n) is 3.26. The average Bonchev–Trinajstić information content (AvgIpc) is 2.41. The van der Waals surface area contributed by atoms with Crippen LogP contribution in [0.4, 0.5) is 0 Å². The maximum absolute atomic E-state index is 5.25. The average molecular weight is 135 g/mol. The number of nitrogens with zero attached hydrogens (tertiary/aromatic N) is 1. The molecule has 10 heavy (non-hydrogen) atoms. The van der Waals surface area contributed by atoms with Gasteiger partial charge in [-0.15, -0.1) is 0 Å². The van der Waals surface area contributed by atoms with Crippen LogP contribution in [-0.2, 0) is 0 Å². The van der Waals surface area contributed by atoms with Gasteiger partial charge >= 0.3 is 0 Å². The maximum atomic E-state index is 5.25. The molecule has 0 aromatic carbocycles. The minimum absolute atomic E-state index is 0.595. The quantitative estimate of drug-likeness (QED) is 0.659. The number of aromatic nitrogens is 1. The number of allylic oxidation sites excluding steroid dienone is 1. The highest BCUT2D eigenvalue weighted by Gasteiger charge is 1.81. The zero-order valence-electron chi connectivity index (χ0n) is 5.77. The highest BCUT2D eigenvalue weighted by molar-refractivity contribution is 5.02. The van der Waals surface area contributed by atoms with Crippen molar-refractivity contribution in [2.24, 2.45) is 5.73 Å². The molecule has 0 spiro atoms. The van der Waals surface area contributed by atoms with E-state index in [2.05, 4.69) is 0 Å². The fourth-order valence-electron chi connectivity index (χ4n) is 0.686. The van der Waals surface area contributed by atoms with Crippen molar-refractivity contribution in [1.29, 1.82) is 0 Å². The number of nitrogens with two attached hydrogens (primary N) is 1. The van der Waals surface area contributed by atoms with Crippen molar-refractivity contribution >= 4 is 0 Å². The Labute approximate surface area is 61.0 Å². The lowest BCUT2D eigenvalue weighted by molar-refractivity contribution is 1.01. The summed E-state index contributed by atoms with van der Waals surface area (Å²) in [5.74, 6) is 0. The summed E-state index contributed by atoms with van der Waals surface area (Å²) in [6.45, 7) is 2.55. The van der Waals surface area contributed by atoms with Crippen LogP contribution in [-0.4, -0.2) is 11.1 Å². The van der Waals surface area contributed by atoms with Gasteiger partial charge in [0.2, 0.25) is 0 Å². The molecule has 2 N–H and O–H groups in total. The molecular weight excluding hydrogens is 124 g/mol. The van der Waals surface area contributed by atoms with Gasteiger partial charge in [-0.3, -0.25) is 0 Å². The third kappa shape index (κ3) is 2.07. The van der Waals surface area contributed by atoms with Gasteiger partial charge in [0.05, 0.1) is 6.54 Å². The fourth-order valence-corrected chi connectivity index (χ4v) is 0.686. The van der Waals surface area contributed by atoms with E-state index in [1.807, 2.05) is 47.8 Å². The van der Waals surface area contributed by atoms with Gasteiger partial charge in [0.1, 0.15) is 0 Å². The molecule has 2 heteroatoms. The summed E-state index contributed by atoms with van der Waals surface area (Å²) < 4.78 is 1.96. The Bertz CT molecular complexity index is 187. The van der Waals surface area contributed by atoms with Crippen LogP contribution in [0.3, 0.4) is 0 Å². The predicted octanol–water partition coefficient (Wildman–Crippen LogP) is 1.01. The van der Waals surface area contributed by atoms with E-state index in [-0.39, 0.29) is 0 Å². The summed E-state index contributed by atoms with van der Waals surface area (Å²) in [7, 11) is 0. The Balaban J connectivity index is 2.34. The van der Waals surface area contributed by atoms with E-state index in [1.165, 1.54) is 0 Å². The molecule has 1 radical (unpaired) electrons. The van der Waals surface area contributed by atoms with Gasteiger partial charge in [-0.25, -0.2) is 0 Å². The molecule has 0 aliphatic carbocycles. The summed E-state index contributed by atoms with van der Waals surface area (Å²) in [6.07, 6.45) is 7.78. The lowest BCUT2D eigenvalue weighted by atomic mass is 10.5. The second kappa shape index (κ2) is 3.90. The molecule has 53 valence electrons. The molecule has 0 aliphatic heterocycles. The highest BCUT2D eigenvalue weighted by atomic mass is 14.9. The molecule has 0 atom stereocenters. The molecule has 1 aromatic heterocycles. The topological polar surface area (TPSA) is 30.9 Å². The normalized spacial score (nSPS) is 10.9. The molecule has 1 heterocycles. The minimum atomic E-state index is 0.595. The fraction of sp³-hybridized carbons (Fsp3) is 0.125. The lowest BCUT2D eigenvalue weighted by Crippen LogP contribution is -1.93. The molecule has 0 bridgehead atoms. The van der Waals surface area contributed by atoms with Gasteiger partial charge in [-0.1, -0.05) is 12.2 Å². The first-order chi connectivity index (χ1) is 4.93. The Morgan fingerprint density at radius 3 is 2.60 bits per heavy atom. The van der Waals surface area contributed by atoms with Gasteiger partial charge in [-0.05, 0) is 12.1 Å². The molecule has 2 nitrogen and oxygen atoms in total. The predicted molar refractivity (Wildman–Crippen MR) is 42.3 cm³/mol. The Hall–Kier alpha value is -1.02. The largest absolute Gasteiger partial charge is 0.345 e. The summed E-state index contributed by atoms with van der Waals surface area (Å²) in [4.78, 5) is 0. The van der Waals surface area contributed by atoms with E-state index >= 15 is 0 Å². The van der Waals surface area contributed by atoms with Crippen LogP contribution in [0.15, 0.2) is 36.7 Å². The van der Waals surface area contributed by atoms with Crippen LogP contribution >= 0.6 is 0 Å². The summed E-state index contributed by atoms with van der Waals surface area (Å²) in [5, 5.41) is 0. The smallest absolute Gasteiger partial charge is 0.0754 e. The second-order valence-corrected chi connectivity index (χ2v) is 1.94. The van der Waals surface area contributed by atoms with E-state index < -0.39 is 0 Å². The zero-order valence-corrected chi connectivity index (χ0v) is 5.77.